The van der Waals surface area contributed by atoms with E-state index in [1.54, 1.807) is 0 Å². The molecule has 0 bridgehead atoms. The average Bonchev–Trinajstić information content (AvgIpc) is 2.28. The van der Waals surface area contributed by atoms with E-state index in [1.165, 1.54) is 25.7 Å². The number of hydrogen-bond donors (Lipinski definition) is 1. The Hall–Kier alpha value is -0.400. The maximum absolute atomic E-state index is 6.15. The first-order valence-electron chi connectivity index (χ1n) is 5.87. The van der Waals surface area contributed by atoms with Gasteiger partial charge < -0.3 is 5.32 Å². The van der Waals surface area contributed by atoms with Crippen LogP contribution in [0.25, 0.3) is 0 Å². The van der Waals surface area contributed by atoms with Gasteiger partial charge in [-0.3, -0.25) is 0 Å². The number of hydrogen-bond acceptors (Lipinski definition) is 1. The Bertz CT molecular complexity index is 357. The number of rotatable bonds is 2. The topological polar surface area (TPSA) is 12.0 Å². The van der Waals surface area contributed by atoms with Gasteiger partial charge in [0.05, 0.1) is 15.7 Å². The van der Waals surface area contributed by atoms with Crippen molar-refractivity contribution in [3.05, 3.63) is 28.2 Å². The lowest BCUT2D eigenvalue weighted by Crippen LogP contribution is -2.25. The zero-order valence-corrected chi connectivity index (χ0v) is 11.0. The monoisotopic (exact) mass is 257 g/mol. The summed E-state index contributed by atoms with van der Waals surface area (Å²) in [5, 5.41) is 4.76. The quantitative estimate of drug-likeness (QED) is 0.788. The van der Waals surface area contributed by atoms with Crippen LogP contribution in [0.1, 0.15) is 32.6 Å². The van der Waals surface area contributed by atoms with Gasteiger partial charge in [-0.25, -0.2) is 0 Å². The van der Waals surface area contributed by atoms with Gasteiger partial charge in [0, 0.05) is 6.04 Å². The third-order valence-corrected chi connectivity index (χ3v) is 4.15. The molecule has 1 aromatic rings. The summed E-state index contributed by atoms with van der Waals surface area (Å²) >= 11 is 12.1. The first kappa shape index (κ1) is 12.1. The summed E-state index contributed by atoms with van der Waals surface area (Å²) in [6.45, 7) is 2.32. The molecular formula is C13H17Cl2N. The van der Waals surface area contributed by atoms with Gasteiger partial charge >= 0.3 is 0 Å². The Labute approximate surface area is 107 Å². The highest BCUT2D eigenvalue weighted by molar-refractivity contribution is 6.43. The second-order valence-electron chi connectivity index (χ2n) is 4.70. The van der Waals surface area contributed by atoms with Crippen molar-refractivity contribution >= 4 is 28.9 Å². The molecule has 1 N–H and O–H groups in total. The highest BCUT2D eigenvalue weighted by Gasteiger charge is 2.18. The molecule has 0 aromatic heterocycles. The molecule has 0 heterocycles. The third kappa shape index (κ3) is 2.83. The molecular weight excluding hydrogens is 241 g/mol. The van der Waals surface area contributed by atoms with Crippen molar-refractivity contribution in [2.24, 2.45) is 5.92 Å². The van der Waals surface area contributed by atoms with Gasteiger partial charge in [0.1, 0.15) is 0 Å². The van der Waals surface area contributed by atoms with Gasteiger partial charge in [-0.2, -0.15) is 0 Å². The van der Waals surface area contributed by atoms with Crippen LogP contribution in [0.2, 0.25) is 10.0 Å². The van der Waals surface area contributed by atoms with Gasteiger partial charge in [0.25, 0.3) is 0 Å². The molecule has 0 spiro atoms. The molecule has 1 saturated carbocycles. The van der Waals surface area contributed by atoms with Crippen LogP contribution in [-0.4, -0.2) is 6.04 Å². The largest absolute Gasteiger partial charge is 0.381 e. The normalized spacial score (nSPS) is 25.4. The molecule has 16 heavy (non-hydrogen) atoms. The Kier molecular flexibility index (Phi) is 3.99. The first-order valence-corrected chi connectivity index (χ1v) is 6.63. The van der Waals surface area contributed by atoms with E-state index in [9.17, 15) is 0 Å². The van der Waals surface area contributed by atoms with E-state index < -0.39 is 0 Å². The lowest BCUT2D eigenvalue weighted by molar-refractivity contribution is 0.361. The summed E-state index contributed by atoms with van der Waals surface area (Å²) in [7, 11) is 0. The van der Waals surface area contributed by atoms with Crippen LogP contribution < -0.4 is 5.32 Å². The van der Waals surface area contributed by atoms with Crippen molar-refractivity contribution < 1.29 is 0 Å². The summed E-state index contributed by atoms with van der Waals surface area (Å²) in [6, 6.07) is 6.29. The van der Waals surface area contributed by atoms with E-state index in [1.807, 2.05) is 18.2 Å². The standard InChI is InChI=1S/C13H17Cl2N/c1-9-5-7-10(8-6-9)16-12-4-2-3-11(14)13(12)15/h2-4,9-10,16H,5-8H2,1H3. The fraction of sp³-hybridized carbons (Fsp3) is 0.538. The molecule has 0 aliphatic heterocycles. The lowest BCUT2D eigenvalue weighted by atomic mass is 9.87. The molecule has 2 rings (SSSR count). The molecule has 1 nitrogen and oxygen atoms in total. The predicted octanol–water partition coefficient (Wildman–Crippen LogP) is 4.98. The molecule has 88 valence electrons. The Morgan fingerprint density at radius 2 is 1.81 bits per heavy atom. The molecule has 0 saturated heterocycles. The van der Waals surface area contributed by atoms with Crippen molar-refractivity contribution in [2.45, 2.75) is 38.6 Å². The summed E-state index contributed by atoms with van der Waals surface area (Å²) in [5.41, 5.74) is 0.966. The van der Waals surface area contributed by atoms with E-state index in [-0.39, 0.29) is 0 Å². The summed E-state index contributed by atoms with van der Waals surface area (Å²) in [6.07, 6.45) is 5.06. The molecule has 0 radical (unpaired) electrons. The minimum atomic E-state index is 0.548. The second kappa shape index (κ2) is 5.29. The predicted molar refractivity (Wildman–Crippen MR) is 71.5 cm³/mol. The number of halogens is 2. The van der Waals surface area contributed by atoms with Crippen molar-refractivity contribution in [3.8, 4) is 0 Å². The highest BCUT2D eigenvalue weighted by Crippen LogP contribution is 2.32. The van der Waals surface area contributed by atoms with Gasteiger partial charge in [-0.1, -0.05) is 36.2 Å². The van der Waals surface area contributed by atoms with Gasteiger partial charge in [0.15, 0.2) is 0 Å². The van der Waals surface area contributed by atoms with Crippen LogP contribution in [-0.2, 0) is 0 Å². The Balaban J connectivity index is 2.01. The van der Waals surface area contributed by atoms with Crippen LogP contribution in [0, 0.1) is 5.92 Å². The number of benzene rings is 1. The van der Waals surface area contributed by atoms with E-state index in [0.29, 0.717) is 16.1 Å². The van der Waals surface area contributed by atoms with Crippen molar-refractivity contribution in [2.75, 3.05) is 5.32 Å². The molecule has 3 heteroatoms. The third-order valence-electron chi connectivity index (χ3n) is 3.33. The zero-order valence-electron chi connectivity index (χ0n) is 9.47. The van der Waals surface area contributed by atoms with E-state index >= 15 is 0 Å². The van der Waals surface area contributed by atoms with E-state index in [2.05, 4.69) is 12.2 Å². The summed E-state index contributed by atoms with van der Waals surface area (Å²) < 4.78 is 0. The van der Waals surface area contributed by atoms with Crippen LogP contribution in [0.4, 0.5) is 5.69 Å². The molecule has 0 unspecified atom stereocenters. The first-order chi connectivity index (χ1) is 7.66. The highest BCUT2D eigenvalue weighted by atomic mass is 35.5. The van der Waals surface area contributed by atoms with Gasteiger partial charge in [-0.05, 0) is 43.7 Å². The summed E-state index contributed by atoms with van der Waals surface area (Å²) in [5.74, 6) is 0.868. The average molecular weight is 258 g/mol. The van der Waals surface area contributed by atoms with Gasteiger partial charge in [-0.15, -0.1) is 0 Å². The van der Waals surface area contributed by atoms with Crippen LogP contribution in [0.5, 0.6) is 0 Å². The fourth-order valence-electron chi connectivity index (χ4n) is 2.24. The number of nitrogens with one attached hydrogen (secondary N) is 1. The molecule has 0 atom stereocenters. The zero-order chi connectivity index (χ0) is 11.5. The second-order valence-corrected chi connectivity index (χ2v) is 5.49. The van der Waals surface area contributed by atoms with E-state index in [0.717, 1.165) is 11.6 Å². The van der Waals surface area contributed by atoms with Crippen LogP contribution in [0.15, 0.2) is 18.2 Å². The maximum atomic E-state index is 6.15. The minimum Gasteiger partial charge on any atom is -0.381 e. The lowest BCUT2D eigenvalue weighted by Gasteiger charge is -2.28. The van der Waals surface area contributed by atoms with Crippen molar-refractivity contribution in [1.29, 1.82) is 0 Å². The Morgan fingerprint density at radius 3 is 2.50 bits per heavy atom. The van der Waals surface area contributed by atoms with Crippen LogP contribution in [0.3, 0.4) is 0 Å². The van der Waals surface area contributed by atoms with E-state index in [4.69, 9.17) is 23.2 Å². The molecule has 0 amide bonds. The smallest absolute Gasteiger partial charge is 0.0823 e. The van der Waals surface area contributed by atoms with Crippen LogP contribution >= 0.6 is 23.2 Å². The fourth-order valence-corrected chi connectivity index (χ4v) is 2.59. The SMILES string of the molecule is CC1CCC(Nc2cccc(Cl)c2Cl)CC1. The molecule has 1 fully saturated rings. The van der Waals surface area contributed by atoms with Crippen molar-refractivity contribution in [1.82, 2.24) is 0 Å². The molecule has 1 aromatic carbocycles. The van der Waals surface area contributed by atoms with Gasteiger partial charge in [0.2, 0.25) is 0 Å². The molecule has 1 aliphatic carbocycles. The Morgan fingerprint density at radius 1 is 1.12 bits per heavy atom. The minimum absolute atomic E-state index is 0.548. The molecule has 1 aliphatic rings. The van der Waals surface area contributed by atoms with Crippen molar-refractivity contribution in [3.63, 3.8) is 0 Å². The maximum Gasteiger partial charge on any atom is 0.0823 e. The number of anilines is 1. The summed E-state index contributed by atoms with van der Waals surface area (Å²) in [4.78, 5) is 0.